The van der Waals surface area contributed by atoms with E-state index in [4.69, 9.17) is 4.74 Å². The van der Waals surface area contributed by atoms with E-state index in [9.17, 15) is 9.65 Å². The topological polar surface area (TPSA) is 57.9 Å². The maximum Gasteiger partial charge on any atom is 0.124 e. The van der Waals surface area contributed by atoms with Gasteiger partial charge in [-0.1, -0.05) is 30.3 Å². The van der Waals surface area contributed by atoms with Gasteiger partial charge in [-0.05, 0) is 36.6 Å². The minimum Gasteiger partial charge on any atom is -0.383 e. The number of nitriles is 1. The van der Waals surface area contributed by atoms with Crippen LogP contribution in [0.3, 0.4) is 0 Å². The Balaban J connectivity index is 1.64. The lowest BCUT2D eigenvalue weighted by Gasteiger charge is -2.21. The van der Waals surface area contributed by atoms with Crippen molar-refractivity contribution in [1.29, 1.82) is 5.26 Å². The fraction of sp³-hybridized carbons (Fsp3) is 0.273. The first-order valence-corrected chi connectivity index (χ1v) is 9.06. The number of halogens is 1. The molecule has 5 heteroatoms. The second kappa shape index (κ2) is 7.34. The van der Waals surface area contributed by atoms with Gasteiger partial charge in [-0.2, -0.15) is 5.26 Å². The number of hydrogen-bond acceptors (Lipinski definition) is 4. The van der Waals surface area contributed by atoms with Crippen LogP contribution in [0.5, 0.6) is 0 Å². The molecule has 0 amide bonds. The van der Waals surface area contributed by atoms with Gasteiger partial charge in [0.25, 0.3) is 0 Å². The van der Waals surface area contributed by atoms with Gasteiger partial charge in [0, 0.05) is 30.7 Å². The fourth-order valence-corrected chi connectivity index (χ4v) is 3.80. The zero-order chi connectivity index (χ0) is 18.8. The molecule has 3 aromatic rings. The smallest absolute Gasteiger partial charge is 0.124 e. The van der Waals surface area contributed by atoms with Crippen molar-refractivity contribution in [2.45, 2.75) is 19.4 Å². The number of hydrogen-bond donors (Lipinski definition) is 1. The summed E-state index contributed by atoms with van der Waals surface area (Å²) in [6, 6.07) is 15.2. The molecule has 2 heterocycles. The average Bonchev–Trinajstić information content (AvgIpc) is 3.15. The Hall–Kier alpha value is -2.97. The SMILES string of the molecule is Cc1cc(F)cc2c(NCC3CCOC3c3ccccc3)c(C#N)cnc12. The third-order valence-electron chi connectivity index (χ3n) is 5.13. The number of aryl methyl sites for hydroxylation is 1. The van der Waals surface area contributed by atoms with Crippen molar-refractivity contribution in [3.8, 4) is 6.07 Å². The molecular formula is C22H20FN3O. The Morgan fingerprint density at radius 2 is 2.11 bits per heavy atom. The standard InChI is InChI=1S/C22H20FN3O/c1-14-9-18(23)10-19-20(14)25-13-17(11-24)21(19)26-12-16-7-8-27-22(16)15-5-3-2-4-6-15/h2-6,9-10,13,16,22H,7-8,12H2,1H3,(H,25,26). The quantitative estimate of drug-likeness (QED) is 0.729. The molecule has 0 spiro atoms. The number of aromatic nitrogens is 1. The Morgan fingerprint density at radius 3 is 2.89 bits per heavy atom. The first-order chi connectivity index (χ1) is 13.2. The first-order valence-electron chi connectivity index (χ1n) is 9.06. The van der Waals surface area contributed by atoms with Gasteiger partial charge >= 0.3 is 0 Å². The zero-order valence-electron chi connectivity index (χ0n) is 15.1. The van der Waals surface area contributed by atoms with Gasteiger partial charge in [0.05, 0.1) is 22.9 Å². The zero-order valence-corrected chi connectivity index (χ0v) is 15.1. The van der Waals surface area contributed by atoms with Gasteiger partial charge in [-0.25, -0.2) is 4.39 Å². The van der Waals surface area contributed by atoms with Crippen LogP contribution in [0.2, 0.25) is 0 Å². The molecule has 1 saturated heterocycles. The molecule has 4 rings (SSSR count). The van der Waals surface area contributed by atoms with Crippen LogP contribution in [0, 0.1) is 30.0 Å². The van der Waals surface area contributed by atoms with Crippen molar-refractivity contribution < 1.29 is 9.13 Å². The highest BCUT2D eigenvalue weighted by Crippen LogP contribution is 2.36. The number of ether oxygens (including phenoxy) is 1. The van der Waals surface area contributed by atoms with E-state index in [1.807, 2.05) is 25.1 Å². The highest BCUT2D eigenvalue weighted by Gasteiger charge is 2.29. The van der Waals surface area contributed by atoms with Crippen LogP contribution in [-0.2, 0) is 4.74 Å². The van der Waals surface area contributed by atoms with Crippen LogP contribution in [0.4, 0.5) is 10.1 Å². The lowest BCUT2D eigenvalue weighted by molar-refractivity contribution is 0.0933. The summed E-state index contributed by atoms with van der Waals surface area (Å²) in [5, 5.41) is 13.5. The number of benzene rings is 2. The molecule has 2 atom stereocenters. The van der Waals surface area contributed by atoms with E-state index in [0.717, 1.165) is 17.5 Å². The van der Waals surface area contributed by atoms with Crippen LogP contribution in [0.1, 0.15) is 29.2 Å². The summed E-state index contributed by atoms with van der Waals surface area (Å²) < 4.78 is 19.9. The second-order valence-corrected chi connectivity index (χ2v) is 6.91. The normalized spacial score (nSPS) is 19.1. The molecule has 2 aromatic carbocycles. The molecule has 0 radical (unpaired) electrons. The number of anilines is 1. The molecule has 1 N–H and O–H groups in total. The second-order valence-electron chi connectivity index (χ2n) is 6.91. The van der Waals surface area contributed by atoms with Gasteiger partial charge in [-0.15, -0.1) is 0 Å². The van der Waals surface area contributed by atoms with Crippen molar-refractivity contribution in [3.63, 3.8) is 0 Å². The average molecular weight is 361 g/mol. The Bertz CT molecular complexity index is 1010. The molecule has 0 saturated carbocycles. The van der Waals surface area contributed by atoms with Crippen molar-refractivity contribution in [1.82, 2.24) is 4.98 Å². The number of nitrogens with one attached hydrogen (secondary N) is 1. The summed E-state index contributed by atoms with van der Waals surface area (Å²) in [4.78, 5) is 4.34. The molecule has 27 heavy (non-hydrogen) atoms. The van der Waals surface area contributed by atoms with Crippen LogP contribution >= 0.6 is 0 Å². The summed E-state index contributed by atoms with van der Waals surface area (Å²) in [5.41, 5.74) is 3.68. The number of nitrogens with zero attached hydrogens (tertiary/aromatic N) is 2. The van der Waals surface area contributed by atoms with E-state index in [2.05, 4.69) is 28.5 Å². The van der Waals surface area contributed by atoms with Crippen LogP contribution in [-0.4, -0.2) is 18.1 Å². The Labute approximate surface area is 157 Å². The van der Waals surface area contributed by atoms with Gasteiger partial charge in [-0.3, -0.25) is 4.98 Å². The van der Waals surface area contributed by atoms with E-state index in [-0.39, 0.29) is 17.8 Å². The van der Waals surface area contributed by atoms with E-state index >= 15 is 0 Å². The van der Waals surface area contributed by atoms with E-state index in [0.29, 0.717) is 35.3 Å². The predicted molar refractivity (Wildman–Crippen MR) is 103 cm³/mol. The highest BCUT2D eigenvalue weighted by atomic mass is 19.1. The molecule has 1 aromatic heterocycles. The number of pyridine rings is 1. The third kappa shape index (κ3) is 3.36. The molecule has 1 fully saturated rings. The molecule has 1 aliphatic rings. The van der Waals surface area contributed by atoms with Gasteiger partial charge in [0.1, 0.15) is 11.9 Å². The van der Waals surface area contributed by atoms with E-state index in [1.54, 1.807) is 6.20 Å². The maximum atomic E-state index is 14.0. The number of fused-ring (bicyclic) bond motifs is 1. The van der Waals surface area contributed by atoms with Gasteiger partial charge < -0.3 is 10.1 Å². The minimum absolute atomic E-state index is 0.0239. The highest BCUT2D eigenvalue weighted by molar-refractivity contribution is 5.95. The lowest BCUT2D eigenvalue weighted by atomic mass is 9.95. The maximum absolute atomic E-state index is 14.0. The van der Waals surface area contributed by atoms with E-state index in [1.165, 1.54) is 12.1 Å². The molecule has 1 aliphatic heterocycles. The largest absolute Gasteiger partial charge is 0.383 e. The van der Waals surface area contributed by atoms with Crippen LogP contribution in [0.25, 0.3) is 10.9 Å². The third-order valence-corrected chi connectivity index (χ3v) is 5.13. The fourth-order valence-electron chi connectivity index (χ4n) is 3.80. The van der Waals surface area contributed by atoms with E-state index < -0.39 is 0 Å². The molecule has 4 nitrogen and oxygen atoms in total. The monoisotopic (exact) mass is 361 g/mol. The summed E-state index contributed by atoms with van der Waals surface area (Å²) in [7, 11) is 0. The molecule has 136 valence electrons. The Kier molecular flexibility index (Phi) is 4.74. The summed E-state index contributed by atoms with van der Waals surface area (Å²) in [5.74, 6) is -0.0527. The van der Waals surface area contributed by atoms with Gasteiger partial charge in [0.15, 0.2) is 0 Å². The van der Waals surface area contributed by atoms with Crippen molar-refractivity contribution in [3.05, 3.63) is 71.2 Å². The van der Waals surface area contributed by atoms with Crippen molar-refractivity contribution >= 4 is 16.6 Å². The van der Waals surface area contributed by atoms with Crippen molar-refractivity contribution in [2.24, 2.45) is 5.92 Å². The lowest BCUT2D eigenvalue weighted by Crippen LogP contribution is -2.18. The van der Waals surface area contributed by atoms with Crippen LogP contribution in [0.15, 0.2) is 48.7 Å². The minimum atomic E-state index is -0.327. The summed E-state index contributed by atoms with van der Waals surface area (Å²) >= 11 is 0. The van der Waals surface area contributed by atoms with Crippen molar-refractivity contribution in [2.75, 3.05) is 18.5 Å². The first kappa shape index (κ1) is 17.4. The number of rotatable bonds is 4. The summed E-state index contributed by atoms with van der Waals surface area (Å²) in [6.45, 7) is 3.18. The summed E-state index contributed by atoms with van der Waals surface area (Å²) in [6.07, 6.45) is 2.51. The molecular weight excluding hydrogens is 341 g/mol. The molecule has 2 unspecified atom stereocenters. The molecule has 0 bridgehead atoms. The predicted octanol–water partition coefficient (Wildman–Crippen LogP) is 4.74. The molecule has 0 aliphatic carbocycles. The van der Waals surface area contributed by atoms with Crippen LogP contribution < -0.4 is 5.32 Å². The van der Waals surface area contributed by atoms with Gasteiger partial charge in [0.2, 0.25) is 0 Å². The Morgan fingerprint density at radius 1 is 1.30 bits per heavy atom.